The lowest BCUT2D eigenvalue weighted by atomic mass is 9.99. The summed E-state index contributed by atoms with van der Waals surface area (Å²) >= 11 is 3.77. The van der Waals surface area contributed by atoms with E-state index in [1.165, 1.54) is 0 Å². The summed E-state index contributed by atoms with van der Waals surface area (Å²) < 4.78 is 12.9. The van der Waals surface area contributed by atoms with E-state index in [4.69, 9.17) is 5.11 Å². The zero-order valence-electron chi connectivity index (χ0n) is 8.17. The van der Waals surface area contributed by atoms with E-state index in [1.807, 2.05) is 0 Å². The van der Waals surface area contributed by atoms with Crippen LogP contribution in [-0.4, -0.2) is 33.1 Å². The smallest absolute Gasteiger partial charge is 0.336 e. The van der Waals surface area contributed by atoms with Crippen LogP contribution in [0.1, 0.15) is 22.0 Å². The molecule has 0 amide bonds. The summed E-state index contributed by atoms with van der Waals surface area (Å²) in [5.74, 6) is -2.03. The first kappa shape index (κ1) is 13.0. The number of aliphatic hydroxyl groups excluding tert-OH is 2. The quantitative estimate of drug-likeness (QED) is 0.594. The first-order valence-electron chi connectivity index (χ1n) is 4.47. The maximum absolute atomic E-state index is 12.9. The molecule has 0 saturated heterocycles. The lowest BCUT2D eigenvalue weighted by Gasteiger charge is -2.18. The van der Waals surface area contributed by atoms with Gasteiger partial charge in [0.2, 0.25) is 0 Å². The molecular weight excluding hydrogens is 235 g/mol. The maximum Gasteiger partial charge on any atom is 0.336 e. The SMILES string of the molecule is O=C(O)c1ccc(F)cc1C(O)C(O)CS. The zero-order valence-corrected chi connectivity index (χ0v) is 9.06. The molecule has 0 spiro atoms. The van der Waals surface area contributed by atoms with Crippen LogP contribution in [0, 0.1) is 5.82 Å². The van der Waals surface area contributed by atoms with E-state index in [9.17, 15) is 19.4 Å². The molecular formula is C10H11FO4S. The van der Waals surface area contributed by atoms with E-state index < -0.39 is 24.0 Å². The molecule has 2 unspecified atom stereocenters. The van der Waals surface area contributed by atoms with E-state index in [0.29, 0.717) is 0 Å². The Labute approximate surface area is 96.8 Å². The molecule has 0 aliphatic heterocycles. The number of halogens is 1. The molecule has 88 valence electrons. The first-order chi connectivity index (χ1) is 7.47. The number of carboxylic acids is 1. The summed E-state index contributed by atoms with van der Waals surface area (Å²) in [7, 11) is 0. The highest BCUT2D eigenvalue weighted by Gasteiger charge is 2.23. The third-order valence-corrected chi connectivity index (χ3v) is 2.49. The molecule has 0 bridgehead atoms. The normalized spacial score (nSPS) is 14.5. The average Bonchev–Trinajstić information content (AvgIpc) is 2.26. The number of aromatic carboxylic acids is 1. The van der Waals surface area contributed by atoms with Gasteiger partial charge in [0.1, 0.15) is 11.9 Å². The molecule has 0 aliphatic carbocycles. The Morgan fingerprint density at radius 1 is 1.44 bits per heavy atom. The predicted molar refractivity (Wildman–Crippen MR) is 58.2 cm³/mol. The van der Waals surface area contributed by atoms with Gasteiger partial charge in [0.05, 0.1) is 11.7 Å². The lowest BCUT2D eigenvalue weighted by Crippen LogP contribution is -2.22. The Morgan fingerprint density at radius 3 is 2.56 bits per heavy atom. The third-order valence-electron chi connectivity index (χ3n) is 2.11. The van der Waals surface area contributed by atoms with Crippen molar-refractivity contribution in [2.45, 2.75) is 12.2 Å². The molecule has 0 aromatic heterocycles. The van der Waals surface area contributed by atoms with Crippen LogP contribution in [0.15, 0.2) is 18.2 Å². The van der Waals surface area contributed by atoms with Gasteiger partial charge in [-0.05, 0) is 18.2 Å². The molecule has 0 radical (unpaired) electrons. The van der Waals surface area contributed by atoms with Crippen LogP contribution in [0.2, 0.25) is 0 Å². The summed E-state index contributed by atoms with van der Waals surface area (Å²) in [6, 6.07) is 2.91. The van der Waals surface area contributed by atoms with Crippen molar-refractivity contribution in [2.75, 3.05) is 5.75 Å². The van der Waals surface area contributed by atoms with Gasteiger partial charge in [0.15, 0.2) is 0 Å². The fourth-order valence-corrected chi connectivity index (χ4v) is 1.48. The van der Waals surface area contributed by atoms with Crippen LogP contribution in [0.5, 0.6) is 0 Å². The molecule has 0 fully saturated rings. The largest absolute Gasteiger partial charge is 0.478 e. The maximum atomic E-state index is 12.9. The fraction of sp³-hybridized carbons (Fsp3) is 0.300. The number of thiol groups is 1. The second-order valence-corrected chi connectivity index (χ2v) is 3.60. The number of aliphatic hydroxyl groups is 2. The number of hydrogen-bond acceptors (Lipinski definition) is 4. The standard InChI is InChI=1S/C10H11FO4S/c11-5-1-2-6(10(14)15)7(3-5)9(13)8(12)4-16/h1-3,8-9,12-13,16H,4H2,(H,14,15). The van der Waals surface area contributed by atoms with Crippen molar-refractivity contribution in [1.29, 1.82) is 0 Å². The number of benzene rings is 1. The molecule has 16 heavy (non-hydrogen) atoms. The molecule has 1 rings (SSSR count). The third kappa shape index (κ3) is 2.72. The van der Waals surface area contributed by atoms with Gasteiger partial charge < -0.3 is 15.3 Å². The Hall–Kier alpha value is -1.11. The van der Waals surface area contributed by atoms with Crippen molar-refractivity contribution in [1.82, 2.24) is 0 Å². The molecule has 0 heterocycles. The minimum atomic E-state index is -1.47. The summed E-state index contributed by atoms with van der Waals surface area (Å²) in [6.07, 6.45) is -2.72. The first-order valence-corrected chi connectivity index (χ1v) is 5.10. The molecule has 3 N–H and O–H groups in total. The van der Waals surface area contributed by atoms with Gasteiger partial charge in [-0.25, -0.2) is 9.18 Å². The Morgan fingerprint density at radius 2 is 2.06 bits per heavy atom. The second-order valence-electron chi connectivity index (χ2n) is 3.23. The summed E-state index contributed by atoms with van der Waals surface area (Å²) in [4.78, 5) is 10.8. The topological polar surface area (TPSA) is 77.8 Å². The van der Waals surface area contributed by atoms with E-state index in [-0.39, 0.29) is 16.9 Å². The fourth-order valence-electron chi connectivity index (χ4n) is 1.28. The zero-order chi connectivity index (χ0) is 12.3. The van der Waals surface area contributed by atoms with Crippen LogP contribution < -0.4 is 0 Å². The van der Waals surface area contributed by atoms with Crippen molar-refractivity contribution >= 4 is 18.6 Å². The van der Waals surface area contributed by atoms with E-state index in [1.54, 1.807) is 0 Å². The molecule has 2 atom stereocenters. The van der Waals surface area contributed by atoms with Crippen LogP contribution in [0.25, 0.3) is 0 Å². The van der Waals surface area contributed by atoms with Gasteiger partial charge in [-0.15, -0.1) is 0 Å². The van der Waals surface area contributed by atoms with Crippen LogP contribution in [-0.2, 0) is 0 Å². The van der Waals surface area contributed by atoms with Crippen molar-refractivity contribution in [2.24, 2.45) is 0 Å². The molecule has 1 aromatic carbocycles. The van der Waals surface area contributed by atoms with Crippen LogP contribution in [0.3, 0.4) is 0 Å². The summed E-state index contributed by atoms with van der Waals surface area (Å²) in [6.45, 7) is 0. The highest BCUT2D eigenvalue weighted by atomic mass is 32.1. The van der Waals surface area contributed by atoms with Gasteiger partial charge in [-0.2, -0.15) is 12.6 Å². The van der Waals surface area contributed by atoms with Crippen molar-refractivity contribution in [3.8, 4) is 0 Å². The lowest BCUT2D eigenvalue weighted by molar-refractivity contribution is 0.0321. The van der Waals surface area contributed by atoms with Gasteiger partial charge >= 0.3 is 5.97 Å². The van der Waals surface area contributed by atoms with E-state index >= 15 is 0 Å². The Kier molecular flexibility index (Phi) is 4.28. The molecule has 0 saturated carbocycles. The van der Waals surface area contributed by atoms with Gasteiger partial charge in [0.25, 0.3) is 0 Å². The van der Waals surface area contributed by atoms with E-state index in [0.717, 1.165) is 18.2 Å². The highest BCUT2D eigenvalue weighted by molar-refractivity contribution is 7.80. The second kappa shape index (κ2) is 5.29. The number of carbonyl (C=O) groups is 1. The summed E-state index contributed by atoms with van der Waals surface area (Å²) in [5.41, 5.74) is -0.399. The minimum Gasteiger partial charge on any atom is -0.478 e. The Balaban J connectivity index is 3.19. The molecule has 4 nitrogen and oxygen atoms in total. The predicted octanol–water partition coefficient (Wildman–Crippen LogP) is 0.848. The molecule has 0 aliphatic rings. The number of rotatable bonds is 4. The van der Waals surface area contributed by atoms with Crippen LogP contribution >= 0.6 is 12.6 Å². The van der Waals surface area contributed by atoms with Crippen molar-refractivity contribution in [3.63, 3.8) is 0 Å². The van der Waals surface area contributed by atoms with Gasteiger partial charge in [-0.3, -0.25) is 0 Å². The average molecular weight is 246 g/mol. The van der Waals surface area contributed by atoms with E-state index in [2.05, 4.69) is 12.6 Å². The minimum absolute atomic E-state index is 0.0588. The summed E-state index contributed by atoms with van der Waals surface area (Å²) in [5, 5.41) is 27.8. The highest BCUT2D eigenvalue weighted by Crippen LogP contribution is 2.23. The monoisotopic (exact) mass is 246 g/mol. The van der Waals surface area contributed by atoms with Gasteiger partial charge in [0, 0.05) is 11.3 Å². The van der Waals surface area contributed by atoms with Crippen LogP contribution in [0.4, 0.5) is 4.39 Å². The van der Waals surface area contributed by atoms with Crippen molar-refractivity contribution < 1.29 is 24.5 Å². The molecule has 6 heteroatoms. The van der Waals surface area contributed by atoms with Gasteiger partial charge in [-0.1, -0.05) is 0 Å². The Bertz CT molecular complexity index is 396. The number of carboxylic acid groups (broad SMARTS) is 1. The number of hydrogen-bond donors (Lipinski definition) is 4. The van der Waals surface area contributed by atoms with Crippen molar-refractivity contribution in [3.05, 3.63) is 35.1 Å². The molecule has 1 aromatic rings.